The van der Waals surface area contributed by atoms with Gasteiger partial charge in [0, 0.05) is 18.2 Å². The summed E-state index contributed by atoms with van der Waals surface area (Å²) in [6, 6.07) is 12.9. The highest BCUT2D eigenvalue weighted by Gasteiger charge is 2.14. The molecule has 4 N–H and O–H groups in total. The van der Waals surface area contributed by atoms with Gasteiger partial charge in [-0.1, -0.05) is 19.1 Å². The fourth-order valence-corrected chi connectivity index (χ4v) is 3.74. The van der Waals surface area contributed by atoms with Crippen LogP contribution in [0.3, 0.4) is 0 Å². The second-order valence-electron chi connectivity index (χ2n) is 8.31. The molecule has 2 aromatic carbocycles. The maximum absolute atomic E-state index is 12.0. The SMILES string of the molecule is CCC(=O)Nc1ccccc1Nc1nc(Nc2ccc3c(c2)OCCOCCOCCO3)nc2[nH]ncc12. The molecule has 2 aromatic heterocycles. The molecule has 198 valence electrons. The number of benzene rings is 2. The number of carbonyl (C=O) groups is 1. The minimum absolute atomic E-state index is 0.0838. The van der Waals surface area contributed by atoms with Crippen LogP contribution in [0.1, 0.15) is 13.3 Å². The van der Waals surface area contributed by atoms with Gasteiger partial charge in [0.25, 0.3) is 0 Å². The molecule has 0 unspecified atom stereocenters. The number of aromatic amines is 1. The van der Waals surface area contributed by atoms with Crippen molar-refractivity contribution in [3.63, 3.8) is 0 Å². The first-order chi connectivity index (χ1) is 18.7. The number of nitrogens with one attached hydrogen (secondary N) is 4. The van der Waals surface area contributed by atoms with Crippen molar-refractivity contribution in [2.45, 2.75) is 13.3 Å². The van der Waals surface area contributed by atoms with Crippen molar-refractivity contribution in [2.75, 3.05) is 55.6 Å². The molecule has 0 bridgehead atoms. The number of H-pyrrole nitrogens is 1. The van der Waals surface area contributed by atoms with Crippen molar-refractivity contribution in [1.29, 1.82) is 0 Å². The molecule has 0 atom stereocenters. The van der Waals surface area contributed by atoms with E-state index in [0.29, 0.717) is 97.4 Å². The molecule has 4 aromatic rings. The van der Waals surface area contributed by atoms with Crippen LogP contribution < -0.4 is 25.4 Å². The number of nitrogens with zero attached hydrogens (tertiary/aromatic N) is 3. The van der Waals surface area contributed by atoms with E-state index in [4.69, 9.17) is 18.9 Å². The Balaban J connectivity index is 1.40. The maximum atomic E-state index is 12.0. The molecular formula is C26H29N7O5. The zero-order valence-electron chi connectivity index (χ0n) is 21.0. The summed E-state index contributed by atoms with van der Waals surface area (Å²) in [7, 11) is 0. The van der Waals surface area contributed by atoms with E-state index in [2.05, 4.69) is 36.1 Å². The van der Waals surface area contributed by atoms with E-state index in [0.717, 1.165) is 0 Å². The fourth-order valence-electron chi connectivity index (χ4n) is 3.74. The number of anilines is 5. The largest absolute Gasteiger partial charge is 0.487 e. The summed E-state index contributed by atoms with van der Waals surface area (Å²) in [6.45, 7) is 4.51. The van der Waals surface area contributed by atoms with Crippen LogP contribution in [0.5, 0.6) is 11.5 Å². The van der Waals surface area contributed by atoms with Crippen LogP contribution >= 0.6 is 0 Å². The van der Waals surface area contributed by atoms with Gasteiger partial charge in [-0.2, -0.15) is 15.1 Å². The minimum atomic E-state index is -0.0838. The van der Waals surface area contributed by atoms with Crippen LogP contribution in [-0.4, -0.2) is 65.7 Å². The van der Waals surface area contributed by atoms with E-state index in [-0.39, 0.29) is 5.91 Å². The van der Waals surface area contributed by atoms with Crippen molar-refractivity contribution < 1.29 is 23.7 Å². The van der Waals surface area contributed by atoms with Gasteiger partial charge in [0.05, 0.1) is 49.4 Å². The minimum Gasteiger partial charge on any atom is -0.487 e. The van der Waals surface area contributed by atoms with E-state index in [9.17, 15) is 4.79 Å². The third-order valence-corrected chi connectivity index (χ3v) is 5.63. The third-order valence-electron chi connectivity index (χ3n) is 5.63. The maximum Gasteiger partial charge on any atom is 0.231 e. The number of ether oxygens (including phenoxy) is 4. The van der Waals surface area contributed by atoms with Crippen LogP contribution in [-0.2, 0) is 14.3 Å². The number of carbonyl (C=O) groups excluding carboxylic acids is 1. The van der Waals surface area contributed by atoms with Gasteiger partial charge in [-0.15, -0.1) is 0 Å². The lowest BCUT2D eigenvalue weighted by Crippen LogP contribution is -2.15. The lowest BCUT2D eigenvalue weighted by atomic mass is 10.2. The summed E-state index contributed by atoms with van der Waals surface area (Å²) in [6.07, 6.45) is 2.02. The van der Waals surface area contributed by atoms with Gasteiger partial charge in [-0.05, 0) is 24.3 Å². The van der Waals surface area contributed by atoms with Gasteiger partial charge in [0.15, 0.2) is 17.1 Å². The molecule has 0 saturated carbocycles. The van der Waals surface area contributed by atoms with Crippen molar-refractivity contribution in [1.82, 2.24) is 20.2 Å². The highest BCUT2D eigenvalue weighted by Crippen LogP contribution is 2.33. The molecule has 0 radical (unpaired) electrons. The molecule has 1 aliphatic rings. The highest BCUT2D eigenvalue weighted by atomic mass is 16.6. The molecule has 5 rings (SSSR count). The Morgan fingerprint density at radius 2 is 1.63 bits per heavy atom. The van der Waals surface area contributed by atoms with Crippen molar-refractivity contribution >= 4 is 45.8 Å². The predicted octanol–water partition coefficient (Wildman–Crippen LogP) is 3.99. The monoisotopic (exact) mass is 519 g/mol. The summed E-state index contributed by atoms with van der Waals surface area (Å²) in [4.78, 5) is 21.2. The number of fused-ring (bicyclic) bond motifs is 2. The molecule has 12 heteroatoms. The first-order valence-corrected chi connectivity index (χ1v) is 12.4. The molecular weight excluding hydrogens is 490 g/mol. The number of hydrogen-bond acceptors (Lipinski definition) is 10. The summed E-state index contributed by atoms with van der Waals surface area (Å²) in [5, 5.41) is 17.2. The highest BCUT2D eigenvalue weighted by molar-refractivity contribution is 5.96. The Hall–Kier alpha value is -4.42. The topological polar surface area (TPSA) is 145 Å². The normalized spacial score (nSPS) is 14.2. The van der Waals surface area contributed by atoms with E-state index in [1.165, 1.54) is 0 Å². The first kappa shape index (κ1) is 25.2. The van der Waals surface area contributed by atoms with E-state index in [1.54, 1.807) is 13.1 Å². The lowest BCUT2D eigenvalue weighted by Gasteiger charge is -2.16. The Labute approximate surface area is 219 Å². The van der Waals surface area contributed by atoms with Crippen molar-refractivity contribution in [3.05, 3.63) is 48.7 Å². The Kier molecular flexibility index (Phi) is 8.11. The van der Waals surface area contributed by atoms with Crippen molar-refractivity contribution in [3.8, 4) is 11.5 Å². The first-order valence-electron chi connectivity index (χ1n) is 12.4. The van der Waals surface area contributed by atoms with E-state index in [1.807, 2.05) is 42.5 Å². The Morgan fingerprint density at radius 1 is 0.895 bits per heavy atom. The van der Waals surface area contributed by atoms with E-state index >= 15 is 0 Å². The number of para-hydroxylation sites is 2. The van der Waals surface area contributed by atoms with Crippen LogP contribution in [0.2, 0.25) is 0 Å². The standard InChI is InChI=1S/C26H29N7O5/c1-2-23(34)29-19-5-3-4-6-20(19)30-24-18-16-27-33-25(18)32-26(31-24)28-17-7-8-21-22(15-17)38-14-12-36-10-9-35-11-13-37-21/h3-8,15-16H,2,9-14H2,1H3,(H,29,34)(H3,27,28,30,31,32,33). The van der Waals surface area contributed by atoms with Gasteiger partial charge in [0.2, 0.25) is 11.9 Å². The number of amides is 1. The average molecular weight is 520 g/mol. The number of rotatable bonds is 6. The molecule has 0 saturated heterocycles. The van der Waals surface area contributed by atoms with Gasteiger partial charge < -0.3 is 34.9 Å². The second kappa shape index (κ2) is 12.2. The number of hydrogen-bond donors (Lipinski definition) is 4. The average Bonchev–Trinajstić information content (AvgIpc) is 3.39. The van der Waals surface area contributed by atoms with Crippen LogP contribution in [0.4, 0.5) is 28.8 Å². The fraction of sp³-hybridized carbons (Fsp3) is 0.308. The summed E-state index contributed by atoms with van der Waals surface area (Å²) in [5.74, 6) is 1.95. The third kappa shape index (κ3) is 6.28. The van der Waals surface area contributed by atoms with Gasteiger partial charge in [-0.25, -0.2) is 0 Å². The molecule has 0 spiro atoms. The molecule has 12 nitrogen and oxygen atoms in total. The Morgan fingerprint density at radius 3 is 2.42 bits per heavy atom. The molecule has 38 heavy (non-hydrogen) atoms. The zero-order chi connectivity index (χ0) is 26.2. The van der Waals surface area contributed by atoms with Crippen LogP contribution in [0.15, 0.2) is 48.7 Å². The quantitative estimate of drug-likeness (QED) is 0.295. The smallest absolute Gasteiger partial charge is 0.231 e. The van der Waals surface area contributed by atoms with Crippen LogP contribution in [0.25, 0.3) is 11.0 Å². The molecule has 3 heterocycles. The van der Waals surface area contributed by atoms with Crippen LogP contribution in [0, 0.1) is 0 Å². The molecule has 0 fully saturated rings. The summed E-state index contributed by atoms with van der Waals surface area (Å²) >= 11 is 0. The van der Waals surface area contributed by atoms with Gasteiger partial charge in [0.1, 0.15) is 19.0 Å². The van der Waals surface area contributed by atoms with Gasteiger partial charge in [-0.3, -0.25) is 9.89 Å². The zero-order valence-corrected chi connectivity index (χ0v) is 21.0. The second-order valence-corrected chi connectivity index (χ2v) is 8.31. The number of aromatic nitrogens is 4. The molecule has 1 aliphatic heterocycles. The van der Waals surface area contributed by atoms with E-state index < -0.39 is 0 Å². The van der Waals surface area contributed by atoms with Crippen molar-refractivity contribution in [2.24, 2.45) is 0 Å². The molecule has 1 amide bonds. The lowest BCUT2D eigenvalue weighted by molar-refractivity contribution is -0.115. The van der Waals surface area contributed by atoms with Gasteiger partial charge >= 0.3 is 0 Å². The molecule has 0 aliphatic carbocycles. The summed E-state index contributed by atoms with van der Waals surface area (Å²) in [5.41, 5.74) is 2.59. The predicted molar refractivity (Wildman–Crippen MR) is 143 cm³/mol. The Bertz CT molecular complexity index is 1390. The summed E-state index contributed by atoms with van der Waals surface area (Å²) < 4.78 is 22.8.